The van der Waals surface area contributed by atoms with Gasteiger partial charge in [0, 0.05) is 0 Å². The summed E-state index contributed by atoms with van der Waals surface area (Å²) in [6.45, 7) is 4.78. The van der Waals surface area contributed by atoms with Crippen LogP contribution >= 0.6 is 11.6 Å². The molecule has 0 aromatic rings. The zero-order chi connectivity index (χ0) is 8.32. The fourth-order valence-corrected chi connectivity index (χ4v) is 1.47. The fraction of sp³-hybridized carbons (Fsp3) is 1.00. The van der Waals surface area contributed by atoms with Crippen LogP contribution in [-0.2, 0) is 9.47 Å². The molecule has 0 aromatic heterocycles. The zero-order valence-corrected chi connectivity index (χ0v) is 7.86. The highest BCUT2D eigenvalue weighted by Gasteiger charge is 2.37. The summed E-state index contributed by atoms with van der Waals surface area (Å²) in [5.74, 6) is 0.196. The molecule has 0 aromatic carbocycles. The molecule has 0 N–H and O–H groups in total. The number of hydrogen-bond donors (Lipinski definition) is 0. The number of alkyl halides is 1. The van der Waals surface area contributed by atoms with E-state index in [0.29, 0.717) is 12.5 Å². The minimum atomic E-state index is -0.334. The van der Waals surface area contributed by atoms with Gasteiger partial charge in [0.15, 0.2) is 5.79 Å². The smallest absolute Gasteiger partial charge is 0.168 e. The van der Waals surface area contributed by atoms with Gasteiger partial charge in [0.2, 0.25) is 0 Å². The lowest BCUT2D eigenvalue weighted by Crippen LogP contribution is -2.29. The van der Waals surface area contributed by atoms with Crippen molar-refractivity contribution in [3.8, 4) is 0 Å². The minimum absolute atomic E-state index is 0.0940. The van der Waals surface area contributed by atoms with E-state index >= 15 is 0 Å². The Kier molecular flexibility index (Phi) is 3.16. The van der Waals surface area contributed by atoms with Crippen LogP contribution in [0.2, 0.25) is 0 Å². The molecule has 1 rings (SSSR count). The lowest BCUT2D eigenvalue weighted by atomic mass is 10.1. The van der Waals surface area contributed by atoms with E-state index in [1.165, 1.54) is 0 Å². The van der Waals surface area contributed by atoms with Gasteiger partial charge in [-0.2, -0.15) is 0 Å². The van der Waals surface area contributed by atoms with E-state index in [1.807, 2.05) is 0 Å². The van der Waals surface area contributed by atoms with E-state index < -0.39 is 0 Å². The molecule has 1 saturated heterocycles. The summed E-state index contributed by atoms with van der Waals surface area (Å²) in [7, 11) is 0. The monoisotopic (exact) mass is 178 g/mol. The first-order chi connectivity index (χ1) is 5.26. The molecule has 1 atom stereocenters. The van der Waals surface area contributed by atoms with Crippen LogP contribution in [0.5, 0.6) is 0 Å². The molecule has 0 aliphatic carbocycles. The van der Waals surface area contributed by atoms with E-state index in [1.54, 1.807) is 0 Å². The van der Waals surface area contributed by atoms with Crippen molar-refractivity contribution in [1.29, 1.82) is 0 Å². The van der Waals surface area contributed by atoms with Crippen molar-refractivity contribution in [3.05, 3.63) is 0 Å². The SMILES string of the molecule is CCC1(CC)OCC(CCl)O1. The molecule has 1 unspecified atom stereocenters. The number of ether oxygens (including phenoxy) is 2. The van der Waals surface area contributed by atoms with Gasteiger partial charge in [-0.3, -0.25) is 0 Å². The van der Waals surface area contributed by atoms with Gasteiger partial charge in [-0.1, -0.05) is 13.8 Å². The third-order valence-electron chi connectivity index (χ3n) is 2.16. The largest absolute Gasteiger partial charge is 0.347 e. The Bertz CT molecular complexity index is 123. The molecular formula is C8H15ClO2. The van der Waals surface area contributed by atoms with Gasteiger partial charge in [-0.25, -0.2) is 0 Å². The molecule has 0 spiro atoms. The highest BCUT2D eigenvalue weighted by molar-refractivity contribution is 6.18. The topological polar surface area (TPSA) is 18.5 Å². The van der Waals surface area contributed by atoms with Crippen LogP contribution in [0.25, 0.3) is 0 Å². The van der Waals surface area contributed by atoms with Gasteiger partial charge in [-0.15, -0.1) is 11.6 Å². The maximum atomic E-state index is 5.64. The van der Waals surface area contributed by atoms with Crippen LogP contribution in [0.4, 0.5) is 0 Å². The van der Waals surface area contributed by atoms with Crippen molar-refractivity contribution in [3.63, 3.8) is 0 Å². The number of rotatable bonds is 3. The summed E-state index contributed by atoms with van der Waals surface area (Å²) in [4.78, 5) is 0. The molecule has 0 radical (unpaired) electrons. The van der Waals surface area contributed by atoms with E-state index in [-0.39, 0.29) is 11.9 Å². The quantitative estimate of drug-likeness (QED) is 0.617. The van der Waals surface area contributed by atoms with E-state index in [2.05, 4.69) is 13.8 Å². The maximum Gasteiger partial charge on any atom is 0.168 e. The van der Waals surface area contributed by atoms with Crippen molar-refractivity contribution in [1.82, 2.24) is 0 Å². The first-order valence-electron chi connectivity index (χ1n) is 4.14. The van der Waals surface area contributed by atoms with Gasteiger partial charge >= 0.3 is 0 Å². The van der Waals surface area contributed by atoms with Gasteiger partial charge in [0.05, 0.1) is 18.6 Å². The van der Waals surface area contributed by atoms with Gasteiger partial charge in [-0.05, 0) is 12.8 Å². The normalized spacial score (nSPS) is 29.2. The summed E-state index contributed by atoms with van der Waals surface area (Å²) in [6, 6.07) is 0. The first-order valence-corrected chi connectivity index (χ1v) is 4.67. The van der Waals surface area contributed by atoms with Gasteiger partial charge in [0.1, 0.15) is 0 Å². The van der Waals surface area contributed by atoms with Gasteiger partial charge in [0.25, 0.3) is 0 Å². The predicted octanol–water partition coefficient (Wildman–Crippen LogP) is 2.16. The van der Waals surface area contributed by atoms with Crippen molar-refractivity contribution >= 4 is 11.6 Å². The van der Waals surface area contributed by atoms with E-state index in [4.69, 9.17) is 21.1 Å². The molecule has 66 valence electrons. The average molecular weight is 179 g/mol. The molecule has 0 bridgehead atoms. The summed E-state index contributed by atoms with van der Waals surface area (Å²) >= 11 is 5.64. The van der Waals surface area contributed by atoms with Crippen LogP contribution in [0.3, 0.4) is 0 Å². The summed E-state index contributed by atoms with van der Waals surface area (Å²) < 4.78 is 11.2. The number of halogens is 1. The van der Waals surface area contributed by atoms with Crippen LogP contribution < -0.4 is 0 Å². The predicted molar refractivity (Wildman–Crippen MR) is 44.9 cm³/mol. The third-order valence-corrected chi connectivity index (χ3v) is 2.51. The average Bonchev–Trinajstić information content (AvgIpc) is 2.49. The molecule has 2 nitrogen and oxygen atoms in total. The van der Waals surface area contributed by atoms with Crippen LogP contribution in [-0.4, -0.2) is 24.4 Å². The second-order valence-electron chi connectivity index (χ2n) is 2.82. The third kappa shape index (κ3) is 1.86. The lowest BCUT2D eigenvalue weighted by Gasteiger charge is -2.24. The second kappa shape index (κ2) is 3.74. The molecule has 11 heavy (non-hydrogen) atoms. The van der Waals surface area contributed by atoms with Crippen LogP contribution in [0, 0.1) is 0 Å². The standard InChI is InChI=1S/C8H15ClO2/c1-3-8(4-2)10-6-7(5-9)11-8/h7H,3-6H2,1-2H3. The molecule has 0 saturated carbocycles. The van der Waals surface area contributed by atoms with Crippen molar-refractivity contribution in [2.75, 3.05) is 12.5 Å². The minimum Gasteiger partial charge on any atom is -0.347 e. The molecule has 1 aliphatic rings. The first kappa shape index (κ1) is 9.30. The van der Waals surface area contributed by atoms with Crippen LogP contribution in [0.15, 0.2) is 0 Å². The van der Waals surface area contributed by atoms with Crippen molar-refractivity contribution in [2.45, 2.75) is 38.6 Å². The van der Waals surface area contributed by atoms with Crippen molar-refractivity contribution < 1.29 is 9.47 Å². The molecule has 0 amide bonds. The molecule has 1 heterocycles. The zero-order valence-electron chi connectivity index (χ0n) is 7.10. The molecule has 1 aliphatic heterocycles. The fourth-order valence-electron chi connectivity index (χ4n) is 1.31. The summed E-state index contributed by atoms with van der Waals surface area (Å²) in [5, 5.41) is 0. The Morgan fingerprint density at radius 1 is 1.45 bits per heavy atom. The summed E-state index contributed by atoms with van der Waals surface area (Å²) in [5.41, 5.74) is 0. The Labute approximate surface area is 72.8 Å². The Balaban J connectivity index is 2.48. The van der Waals surface area contributed by atoms with Crippen LogP contribution in [0.1, 0.15) is 26.7 Å². The highest BCUT2D eigenvalue weighted by atomic mass is 35.5. The van der Waals surface area contributed by atoms with Crippen molar-refractivity contribution in [2.24, 2.45) is 0 Å². The highest BCUT2D eigenvalue weighted by Crippen LogP contribution is 2.30. The molecular weight excluding hydrogens is 164 g/mol. The second-order valence-corrected chi connectivity index (χ2v) is 3.13. The van der Waals surface area contributed by atoms with E-state index in [9.17, 15) is 0 Å². The molecule has 1 fully saturated rings. The van der Waals surface area contributed by atoms with Gasteiger partial charge < -0.3 is 9.47 Å². The molecule has 3 heteroatoms. The van der Waals surface area contributed by atoms with E-state index in [0.717, 1.165) is 12.8 Å². The Morgan fingerprint density at radius 3 is 2.36 bits per heavy atom. The summed E-state index contributed by atoms with van der Waals surface area (Å²) in [6.07, 6.45) is 1.89. The number of hydrogen-bond acceptors (Lipinski definition) is 2. The lowest BCUT2D eigenvalue weighted by molar-refractivity contribution is -0.169. The Hall–Kier alpha value is 0.210. The maximum absolute atomic E-state index is 5.64. The Morgan fingerprint density at radius 2 is 2.09 bits per heavy atom.